The minimum Gasteiger partial charge on any atom is -0.811 e. The van der Waals surface area contributed by atoms with Crippen LogP contribution in [0, 0.1) is 0 Å². The Morgan fingerprint density at radius 2 is 1.73 bits per heavy atom. The maximum absolute atomic E-state index is 9.74. The van der Waals surface area contributed by atoms with Crippen molar-refractivity contribution < 1.29 is 83.4 Å². The summed E-state index contributed by atoms with van der Waals surface area (Å²) >= 11 is 0. The first-order valence-corrected chi connectivity index (χ1v) is 3.87. The smallest absolute Gasteiger partial charge is 0.811 e. The van der Waals surface area contributed by atoms with Crippen molar-refractivity contribution in [1.82, 2.24) is 0 Å². The number of rotatable bonds is 3. The number of hydrogen-bond acceptors (Lipinski definition) is 4. The van der Waals surface area contributed by atoms with Gasteiger partial charge in [-0.25, -0.2) is 0 Å². The van der Waals surface area contributed by atoms with E-state index in [1.807, 2.05) is 0 Å². The van der Waals surface area contributed by atoms with Crippen molar-refractivity contribution in [2.45, 2.75) is 6.42 Å². The van der Waals surface area contributed by atoms with Crippen LogP contribution in [0.25, 0.3) is 0 Å². The van der Waals surface area contributed by atoms with E-state index in [2.05, 4.69) is 0 Å². The van der Waals surface area contributed by atoms with E-state index in [0.29, 0.717) is 0 Å². The molecule has 0 aromatic rings. The Balaban J connectivity index is -0.000000320. The molecule has 0 spiro atoms. The number of carboxylic acids is 1. The molecule has 0 unspecified atom stereocenters. The molecule has 0 heterocycles. The van der Waals surface area contributed by atoms with E-state index < -0.39 is 26.1 Å². The predicted octanol–water partition coefficient (Wildman–Crippen LogP) is -7.62. The van der Waals surface area contributed by atoms with Crippen LogP contribution in [0.2, 0.25) is 0 Å². The SMILES string of the molecule is O=C(O)CCP(=O)([O-])[O-].[Na+].[Na+]. The first-order chi connectivity index (χ1) is 3.92. The Kier molecular flexibility index (Phi) is 13.8. The molecule has 8 heteroatoms. The van der Waals surface area contributed by atoms with Crippen molar-refractivity contribution in [3.63, 3.8) is 0 Å². The Labute approximate surface area is 108 Å². The van der Waals surface area contributed by atoms with Crippen LogP contribution in [0.5, 0.6) is 0 Å². The minimum atomic E-state index is -4.60. The standard InChI is InChI=1S/C3H7O5P.2Na/c4-3(5)1-2-9(6,7)8;;/h1-2H2,(H,4,5)(H2,6,7,8);;/q;2*+1/p-2. The second-order valence-corrected chi connectivity index (χ2v) is 3.15. The van der Waals surface area contributed by atoms with Crippen LogP contribution in [0.3, 0.4) is 0 Å². The molecule has 0 atom stereocenters. The van der Waals surface area contributed by atoms with Gasteiger partial charge >= 0.3 is 65.1 Å². The molecule has 0 saturated carbocycles. The third-order valence-electron chi connectivity index (χ3n) is 0.600. The van der Waals surface area contributed by atoms with Gasteiger partial charge < -0.3 is 19.5 Å². The summed E-state index contributed by atoms with van der Waals surface area (Å²) in [5.41, 5.74) is 0. The third kappa shape index (κ3) is 18.5. The second-order valence-electron chi connectivity index (χ2n) is 1.48. The zero-order valence-electron chi connectivity index (χ0n) is 6.44. The molecular weight excluding hydrogens is 193 g/mol. The largest absolute Gasteiger partial charge is 1.00 e. The fourth-order valence-electron chi connectivity index (χ4n) is 0.233. The summed E-state index contributed by atoms with van der Waals surface area (Å²) in [6.07, 6.45) is -1.41. The van der Waals surface area contributed by atoms with Gasteiger partial charge in [0.25, 0.3) is 0 Å². The molecule has 0 fully saturated rings. The van der Waals surface area contributed by atoms with Crippen molar-refractivity contribution >= 4 is 13.6 Å². The summed E-state index contributed by atoms with van der Waals surface area (Å²) in [4.78, 5) is 29.1. The van der Waals surface area contributed by atoms with Crippen LogP contribution >= 0.6 is 7.60 Å². The maximum Gasteiger partial charge on any atom is 1.00 e. The van der Waals surface area contributed by atoms with Gasteiger partial charge in [0.2, 0.25) is 0 Å². The molecule has 0 amide bonds. The van der Waals surface area contributed by atoms with Gasteiger partial charge in [0.05, 0.1) is 0 Å². The Hall–Kier alpha value is 1.62. The van der Waals surface area contributed by atoms with E-state index in [1.165, 1.54) is 0 Å². The quantitative estimate of drug-likeness (QED) is 0.358. The number of hydrogen-bond donors (Lipinski definition) is 1. The van der Waals surface area contributed by atoms with Crippen LogP contribution in [-0.2, 0) is 9.36 Å². The van der Waals surface area contributed by atoms with Crippen LogP contribution in [-0.4, -0.2) is 17.2 Å². The van der Waals surface area contributed by atoms with Crippen molar-refractivity contribution in [3.8, 4) is 0 Å². The summed E-state index contributed by atoms with van der Waals surface area (Å²) in [5.74, 6) is -1.28. The van der Waals surface area contributed by atoms with E-state index in [0.717, 1.165) is 0 Å². The van der Waals surface area contributed by atoms with Crippen molar-refractivity contribution in [1.29, 1.82) is 0 Å². The zero-order chi connectivity index (χ0) is 7.49. The van der Waals surface area contributed by atoms with Crippen LogP contribution in [0.4, 0.5) is 0 Å². The Bertz CT molecular complexity index is 154. The van der Waals surface area contributed by atoms with Gasteiger partial charge in [-0.1, -0.05) is 7.60 Å². The topological polar surface area (TPSA) is 100 Å². The molecule has 0 aliphatic heterocycles. The summed E-state index contributed by atoms with van der Waals surface area (Å²) in [6.45, 7) is 0. The number of aliphatic carboxylic acids is 1. The first-order valence-electron chi connectivity index (χ1n) is 2.15. The number of carboxylic acid groups (broad SMARTS) is 1. The van der Waals surface area contributed by atoms with Crippen molar-refractivity contribution in [3.05, 3.63) is 0 Å². The van der Waals surface area contributed by atoms with Crippen molar-refractivity contribution in [2.75, 3.05) is 6.16 Å². The summed E-state index contributed by atoms with van der Waals surface area (Å²) in [6, 6.07) is 0. The molecule has 0 bridgehead atoms. The molecular formula is C3H5Na2O5P. The summed E-state index contributed by atoms with van der Waals surface area (Å²) < 4.78 is 9.74. The molecule has 1 N–H and O–H groups in total. The Morgan fingerprint density at radius 3 is 1.82 bits per heavy atom. The van der Waals surface area contributed by atoms with Gasteiger partial charge in [-0.2, -0.15) is 0 Å². The van der Waals surface area contributed by atoms with Crippen LogP contribution in [0.1, 0.15) is 6.42 Å². The minimum absolute atomic E-state index is 0. The van der Waals surface area contributed by atoms with E-state index in [1.54, 1.807) is 0 Å². The summed E-state index contributed by atoms with van der Waals surface area (Å²) in [7, 11) is -4.60. The third-order valence-corrected chi connectivity index (χ3v) is 1.37. The van der Waals surface area contributed by atoms with Gasteiger partial charge in [0.1, 0.15) is 0 Å². The van der Waals surface area contributed by atoms with E-state index >= 15 is 0 Å². The summed E-state index contributed by atoms with van der Waals surface area (Å²) in [5, 5.41) is 7.88. The average molecular weight is 198 g/mol. The fourth-order valence-corrected chi connectivity index (χ4v) is 0.698. The maximum atomic E-state index is 9.74. The first kappa shape index (κ1) is 18.4. The fraction of sp³-hybridized carbons (Fsp3) is 0.667. The monoisotopic (exact) mass is 198 g/mol. The molecule has 0 saturated heterocycles. The molecule has 0 radical (unpaired) electrons. The zero-order valence-corrected chi connectivity index (χ0v) is 11.3. The number of carbonyl (C=O) groups is 1. The van der Waals surface area contributed by atoms with E-state index in [-0.39, 0.29) is 59.1 Å². The van der Waals surface area contributed by atoms with Gasteiger partial charge in [-0.05, 0) is 6.16 Å². The molecule has 54 valence electrons. The van der Waals surface area contributed by atoms with Crippen LogP contribution < -0.4 is 68.9 Å². The van der Waals surface area contributed by atoms with Crippen molar-refractivity contribution in [2.24, 2.45) is 0 Å². The molecule has 5 nitrogen and oxygen atoms in total. The van der Waals surface area contributed by atoms with E-state index in [4.69, 9.17) is 5.11 Å². The molecule has 0 aromatic heterocycles. The van der Waals surface area contributed by atoms with Gasteiger partial charge in [0, 0.05) is 6.42 Å². The average Bonchev–Trinajstić information content (AvgIpc) is 1.59. The second kappa shape index (κ2) is 8.23. The predicted molar refractivity (Wildman–Crippen MR) is 24.7 cm³/mol. The van der Waals surface area contributed by atoms with Crippen LogP contribution in [0.15, 0.2) is 0 Å². The van der Waals surface area contributed by atoms with Gasteiger partial charge in [0.15, 0.2) is 0 Å². The molecule has 0 rings (SSSR count). The molecule has 0 aromatic carbocycles. The normalized spacial score (nSPS) is 9.27. The van der Waals surface area contributed by atoms with Gasteiger partial charge in [-0.3, -0.25) is 4.79 Å². The molecule has 0 aliphatic carbocycles. The molecule has 0 aliphatic rings. The Morgan fingerprint density at radius 1 is 1.36 bits per heavy atom. The van der Waals surface area contributed by atoms with E-state index in [9.17, 15) is 19.1 Å². The van der Waals surface area contributed by atoms with Gasteiger partial charge in [-0.15, -0.1) is 0 Å². The molecule has 11 heavy (non-hydrogen) atoms.